The predicted octanol–water partition coefficient (Wildman–Crippen LogP) is 3.39. The van der Waals surface area contributed by atoms with E-state index in [4.69, 9.17) is 4.74 Å². The SMILES string of the molecule is CCC.CCCC.COC(=O)C1(C)CCN(CCN2CCNCC2)CC1. The quantitative estimate of drug-likeness (QED) is 0.751. The van der Waals surface area contributed by atoms with Gasteiger partial charge in [0.1, 0.15) is 0 Å². The summed E-state index contributed by atoms with van der Waals surface area (Å²) in [6, 6.07) is 0. The molecule has 0 unspecified atom stereocenters. The second-order valence-electron chi connectivity index (χ2n) is 7.69. The Labute approximate surface area is 162 Å². The Morgan fingerprint density at radius 1 is 0.923 bits per heavy atom. The first-order valence-corrected chi connectivity index (χ1v) is 10.7. The molecule has 0 aromatic carbocycles. The number of carbonyl (C=O) groups is 1. The molecule has 0 amide bonds. The molecule has 26 heavy (non-hydrogen) atoms. The zero-order valence-electron chi connectivity index (χ0n) is 18.4. The van der Waals surface area contributed by atoms with E-state index in [0.29, 0.717) is 0 Å². The number of hydrogen-bond donors (Lipinski definition) is 1. The average Bonchev–Trinajstić information content (AvgIpc) is 2.68. The normalized spacial score (nSPS) is 20.2. The van der Waals surface area contributed by atoms with E-state index in [1.807, 2.05) is 6.92 Å². The highest BCUT2D eigenvalue weighted by Gasteiger charge is 2.37. The van der Waals surface area contributed by atoms with Gasteiger partial charge in [0.25, 0.3) is 0 Å². The lowest BCUT2D eigenvalue weighted by Gasteiger charge is -2.38. The molecule has 2 fully saturated rings. The molecule has 0 aromatic rings. The van der Waals surface area contributed by atoms with E-state index >= 15 is 0 Å². The molecule has 156 valence electrons. The van der Waals surface area contributed by atoms with Gasteiger partial charge in [-0.25, -0.2) is 0 Å². The van der Waals surface area contributed by atoms with Gasteiger partial charge in [0.15, 0.2) is 0 Å². The van der Waals surface area contributed by atoms with Crippen molar-refractivity contribution in [2.75, 3.05) is 59.5 Å². The summed E-state index contributed by atoms with van der Waals surface area (Å²) in [6.07, 6.45) is 5.72. The maximum Gasteiger partial charge on any atom is 0.311 e. The van der Waals surface area contributed by atoms with Crippen molar-refractivity contribution in [2.24, 2.45) is 5.41 Å². The number of nitrogens with one attached hydrogen (secondary N) is 1. The van der Waals surface area contributed by atoms with Crippen LogP contribution in [0.25, 0.3) is 0 Å². The lowest BCUT2D eigenvalue weighted by atomic mass is 9.80. The number of esters is 1. The van der Waals surface area contributed by atoms with Gasteiger partial charge in [-0.3, -0.25) is 9.69 Å². The van der Waals surface area contributed by atoms with Gasteiger partial charge in [0.2, 0.25) is 0 Å². The Balaban J connectivity index is 0.000000770. The van der Waals surface area contributed by atoms with Crippen LogP contribution in [0.5, 0.6) is 0 Å². The summed E-state index contributed by atoms with van der Waals surface area (Å²) >= 11 is 0. The van der Waals surface area contributed by atoms with Gasteiger partial charge >= 0.3 is 5.97 Å². The predicted molar refractivity (Wildman–Crippen MR) is 112 cm³/mol. The van der Waals surface area contributed by atoms with Crippen molar-refractivity contribution >= 4 is 5.97 Å². The molecule has 2 heterocycles. The molecule has 0 atom stereocenters. The van der Waals surface area contributed by atoms with Crippen LogP contribution in [0.1, 0.15) is 66.7 Å². The second-order valence-corrected chi connectivity index (χ2v) is 7.69. The number of hydrogen-bond acceptors (Lipinski definition) is 5. The van der Waals surface area contributed by atoms with Crippen molar-refractivity contribution in [1.82, 2.24) is 15.1 Å². The molecule has 2 aliphatic heterocycles. The van der Waals surface area contributed by atoms with E-state index in [1.54, 1.807) is 0 Å². The Bertz CT molecular complexity index is 334. The molecule has 2 saturated heterocycles. The summed E-state index contributed by atoms with van der Waals surface area (Å²) in [5, 5.41) is 3.38. The zero-order valence-corrected chi connectivity index (χ0v) is 18.4. The molecule has 5 heteroatoms. The van der Waals surface area contributed by atoms with Crippen molar-refractivity contribution in [3.05, 3.63) is 0 Å². The number of nitrogens with zero attached hydrogens (tertiary/aromatic N) is 2. The first kappa shape index (κ1) is 25.4. The maximum absolute atomic E-state index is 11.7. The van der Waals surface area contributed by atoms with E-state index in [0.717, 1.165) is 65.2 Å². The van der Waals surface area contributed by atoms with Gasteiger partial charge in [0, 0.05) is 39.3 Å². The monoisotopic (exact) mass is 371 g/mol. The van der Waals surface area contributed by atoms with Gasteiger partial charge in [-0.2, -0.15) is 0 Å². The first-order chi connectivity index (χ1) is 12.5. The number of likely N-dealkylation sites (tertiary alicyclic amines) is 1. The highest BCUT2D eigenvalue weighted by Crippen LogP contribution is 2.31. The van der Waals surface area contributed by atoms with Crippen LogP contribution in [0.15, 0.2) is 0 Å². The van der Waals surface area contributed by atoms with Crippen molar-refractivity contribution in [3.8, 4) is 0 Å². The van der Waals surface area contributed by atoms with E-state index in [1.165, 1.54) is 26.4 Å². The van der Waals surface area contributed by atoms with Crippen LogP contribution in [0.3, 0.4) is 0 Å². The van der Waals surface area contributed by atoms with Crippen LogP contribution >= 0.6 is 0 Å². The molecule has 5 nitrogen and oxygen atoms in total. The summed E-state index contributed by atoms with van der Waals surface area (Å²) in [4.78, 5) is 16.7. The van der Waals surface area contributed by atoms with Crippen molar-refractivity contribution in [2.45, 2.75) is 66.7 Å². The van der Waals surface area contributed by atoms with Crippen LogP contribution in [0.2, 0.25) is 0 Å². The summed E-state index contributed by atoms with van der Waals surface area (Å²) < 4.78 is 4.91. The van der Waals surface area contributed by atoms with Crippen LogP contribution < -0.4 is 5.32 Å². The number of carbonyl (C=O) groups excluding carboxylic acids is 1. The standard InChI is InChI=1S/C14H27N3O2.C4H10.C3H8/c1-14(13(18)19-2)3-7-16(8-4-14)11-12-17-9-5-15-6-10-17;1-3-4-2;1-3-2/h15H,3-12H2,1-2H3;3-4H2,1-2H3;3H2,1-2H3. The molecule has 0 radical (unpaired) electrons. The molecule has 2 rings (SSSR count). The molecular formula is C21H45N3O2. The third-order valence-corrected chi connectivity index (χ3v) is 5.08. The highest BCUT2D eigenvalue weighted by atomic mass is 16.5. The number of rotatable bonds is 5. The van der Waals surface area contributed by atoms with Gasteiger partial charge in [-0.05, 0) is 32.9 Å². The topological polar surface area (TPSA) is 44.8 Å². The van der Waals surface area contributed by atoms with Crippen molar-refractivity contribution in [3.63, 3.8) is 0 Å². The Morgan fingerprint density at radius 3 is 1.73 bits per heavy atom. The van der Waals surface area contributed by atoms with Crippen molar-refractivity contribution in [1.29, 1.82) is 0 Å². The van der Waals surface area contributed by atoms with E-state index < -0.39 is 0 Å². The van der Waals surface area contributed by atoms with Gasteiger partial charge in [-0.15, -0.1) is 0 Å². The fraction of sp³-hybridized carbons (Fsp3) is 0.952. The summed E-state index contributed by atoms with van der Waals surface area (Å²) in [5.74, 6) is -0.0470. The number of piperidine rings is 1. The summed E-state index contributed by atoms with van der Waals surface area (Å²) in [7, 11) is 1.49. The molecule has 0 aliphatic carbocycles. The molecule has 0 bridgehead atoms. The molecule has 0 saturated carbocycles. The number of unbranched alkanes of at least 4 members (excludes halogenated alkanes) is 1. The molecular weight excluding hydrogens is 326 g/mol. The minimum absolute atomic E-state index is 0.0470. The van der Waals surface area contributed by atoms with Crippen LogP contribution in [0.4, 0.5) is 0 Å². The summed E-state index contributed by atoms with van der Waals surface area (Å²) in [6.45, 7) is 19.5. The third kappa shape index (κ3) is 10.5. The van der Waals surface area contributed by atoms with E-state index in [2.05, 4.69) is 42.8 Å². The first-order valence-electron chi connectivity index (χ1n) is 10.7. The number of piperazine rings is 1. The lowest BCUT2D eigenvalue weighted by Crippen LogP contribution is -2.48. The fourth-order valence-electron chi connectivity index (χ4n) is 2.94. The van der Waals surface area contributed by atoms with Crippen LogP contribution in [0, 0.1) is 5.41 Å². The van der Waals surface area contributed by atoms with Crippen LogP contribution in [-0.4, -0.2) is 75.2 Å². The third-order valence-electron chi connectivity index (χ3n) is 5.08. The molecule has 0 spiro atoms. The Morgan fingerprint density at radius 2 is 1.35 bits per heavy atom. The Kier molecular flexibility index (Phi) is 15.0. The van der Waals surface area contributed by atoms with E-state index in [-0.39, 0.29) is 11.4 Å². The van der Waals surface area contributed by atoms with Crippen LogP contribution in [-0.2, 0) is 9.53 Å². The van der Waals surface area contributed by atoms with Gasteiger partial charge in [-0.1, -0.05) is 47.0 Å². The largest absolute Gasteiger partial charge is 0.469 e. The molecule has 1 N–H and O–H groups in total. The summed E-state index contributed by atoms with van der Waals surface area (Å²) in [5.41, 5.74) is -0.264. The second kappa shape index (κ2) is 15.4. The van der Waals surface area contributed by atoms with Gasteiger partial charge < -0.3 is 15.0 Å². The maximum atomic E-state index is 11.7. The van der Waals surface area contributed by atoms with Gasteiger partial charge in [0.05, 0.1) is 12.5 Å². The average molecular weight is 372 g/mol. The molecule has 0 aromatic heterocycles. The highest BCUT2D eigenvalue weighted by molar-refractivity contribution is 5.76. The Hall–Kier alpha value is -0.650. The minimum Gasteiger partial charge on any atom is -0.469 e. The van der Waals surface area contributed by atoms with Crippen molar-refractivity contribution < 1.29 is 9.53 Å². The zero-order chi connectivity index (χ0) is 19.8. The number of ether oxygens (including phenoxy) is 1. The fourth-order valence-corrected chi connectivity index (χ4v) is 2.94. The lowest BCUT2D eigenvalue weighted by molar-refractivity contribution is -0.154. The van der Waals surface area contributed by atoms with E-state index in [9.17, 15) is 4.79 Å². The number of methoxy groups -OCH3 is 1. The smallest absolute Gasteiger partial charge is 0.311 e. The molecule has 2 aliphatic rings. The minimum atomic E-state index is -0.264.